The number of carbonyl (C=O) groups excluding carboxylic acids is 1. The summed E-state index contributed by atoms with van der Waals surface area (Å²) in [5.41, 5.74) is 9.26. The number of rotatable bonds is 6. The molecule has 0 unspecified atom stereocenters. The van der Waals surface area contributed by atoms with Crippen LogP contribution in [0.1, 0.15) is 23.1 Å². The molecular formula is C21H16ClN5OS2. The number of halogens is 1. The molecule has 0 saturated carbocycles. The Morgan fingerprint density at radius 2 is 2.07 bits per heavy atom. The van der Waals surface area contributed by atoms with Crippen molar-refractivity contribution in [2.24, 2.45) is 0 Å². The Bertz CT molecular complexity index is 1180. The average Bonchev–Trinajstić information content (AvgIpc) is 3.24. The number of nitrogen functional groups attached to an aromatic ring is 1. The van der Waals surface area contributed by atoms with E-state index in [0.717, 1.165) is 11.1 Å². The minimum Gasteiger partial charge on any atom is -0.383 e. The van der Waals surface area contributed by atoms with Crippen molar-refractivity contribution in [2.75, 3.05) is 16.8 Å². The second-order valence-corrected chi connectivity index (χ2v) is 8.57. The van der Waals surface area contributed by atoms with Crippen LogP contribution in [0.4, 0.5) is 11.5 Å². The van der Waals surface area contributed by atoms with Crippen molar-refractivity contribution in [3.05, 3.63) is 56.7 Å². The number of anilines is 2. The molecule has 1 aromatic carbocycles. The first-order valence-corrected chi connectivity index (χ1v) is 11.1. The average molecular weight is 454 g/mol. The molecule has 30 heavy (non-hydrogen) atoms. The maximum absolute atomic E-state index is 12.3. The number of aryl methyl sites for hydroxylation is 1. The third-order valence-corrected chi connectivity index (χ3v) is 6.16. The Hall–Kier alpha value is -3.04. The largest absolute Gasteiger partial charge is 0.383 e. The number of hydrogen-bond acceptors (Lipinski definition) is 7. The van der Waals surface area contributed by atoms with Gasteiger partial charge in [0.05, 0.1) is 5.56 Å². The fourth-order valence-electron chi connectivity index (χ4n) is 2.78. The number of thioether (sulfide) groups is 1. The minimum atomic E-state index is -0.175. The third-order valence-electron chi connectivity index (χ3n) is 4.27. The lowest BCUT2D eigenvalue weighted by Gasteiger charge is -2.12. The van der Waals surface area contributed by atoms with Gasteiger partial charge in [0.25, 0.3) is 0 Å². The van der Waals surface area contributed by atoms with Gasteiger partial charge in [-0.2, -0.15) is 21.9 Å². The first-order chi connectivity index (χ1) is 14.4. The zero-order valence-corrected chi connectivity index (χ0v) is 18.3. The lowest BCUT2D eigenvalue weighted by Crippen LogP contribution is -2.13. The van der Waals surface area contributed by atoms with Crippen LogP contribution >= 0.6 is 34.7 Å². The number of hydrogen-bond donors (Lipinski definition) is 2. The van der Waals surface area contributed by atoms with Gasteiger partial charge in [-0.1, -0.05) is 17.7 Å². The summed E-state index contributed by atoms with van der Waals surface area (Å²) < 4.78 is 0. The minimum absolute atomic E-state index is 0.0687. The molecule has 2 aromatic heterocycles. The number of pyridine rings is 1. The molecule has 9 heteroatoms. The van der Waals surface area contributed by atoms with E-state index in [0.29, 0.717) is 27.1 Å². The van der Waals surface area contributed by atoms with Crippen LogP contribution in [0, 0.1) is 29.6 Å². The molecule has 0 bridgehead atoms. The molecule has 0 radical (unpaired) electrons. The molecular weight excluding hydrogens is 438 g/mol. The summed E-state index contributed by atoms with van der Waals surface area (Å²) in [5.74, 6) is 0.284. The predicted molar refractivity (Wildman–Crippen MR) is 122 cm³/mol. The highest BCUT2D eigenvalue weighted by Crippen LogP contribution is 2.36. The number of nitriles is 2. The second-order valence-electron chi connectivity index (χ2n) is 6.27. The van der Waals surface area contributed by atoms with E-state index in [1.54, 1.807) is 12.1 Å². The van der Waals surface area contributed by atoms with Crippen molar-refractivity contribution in [3.63, 3.8) is 0 Å². The summed E-state index contributed by atoms with van der Waals surface area (Å²) in [4.78, 5) is 16.6. The number of carbonyl (C=O) groups is 1. The molecule has 6 nitrogen and oxygen atoms in total. The van der Waals surface area contributed by atoms with Gasteiger partial charge in [-0.3, -0.25) is 4.79 Å². The monoisotopic (exact) mass is 453 g/mol. The molecule has 3 aromatic rings. The molecule has 0 aliphatic rings. The van der Waals surface area contributed by atoms with Crippen molar-refractivity contribution in [3.8, 4) is 23.3 Å². The molecule has 150 valence electrons. The Balaban J connectivity index is 1.77. The van der Waals surface area contributed by atoms with E-state index in [4.69, 9.17) is 17.3 Å². The normalized spacial score (nSPS) is 10.3. The van der Waals surface area contributed by atoms with Crippen molar-refractivity contribution >= 4 is 52.1 Å². The van der Waals surface area contributed by atoms with Crippen LogP contribution in [-0.2, 0) is 4.79 Å². The number of aromatic nitrogens is 1. The maximum atomic E-state index is 12.3. The van der Waals surface area contributed by atoms with Gasteiger partial charge in [0.15, 0.2) is 0 Å². The Kier molecular flexibility index (Phi) is 6.96. The number of nitrogens with one attached hydrogen (secondary N) is 1. The molecule has 3 N–H and O–H groups in total. The van der Waals surface area contributed by atoms with Crippen molar-refractivity contribution < 1.29 is 4.79 Å². The summed E-state index contributed by atoms with van der Waals surface area (Å²) in [6.45, 7) is 1.88. The number of nitrogens with two attached hydrogens (primary N) is 1. The Morgan fingerprint density at radius 1 is 1.30 bits per heavy atom. The van der Waals surface area contributed by atoms with Gasteiger partial charge in [-0.15, -0.1) is 11.8 Å². The summed E-state index contributed by atoms with van der Waals surface area (Å²) in [6, 6.07) is 11.3. The van der Waals surface area contributed by atoms with Gasteiger partial charge < -0.3 is 11.1 Å². The van der Waals surface area contributed by atoms with Crippen LogP contribution in [0.15, 0.2) is 40.1 Å². The molecule has 0 fully saturated rings. The lowest BCUT2D eigenvalue weighted by atomic mass is 9.99. The van der Waals surface area contributed by atoms with E-state index in [1.807, 2.05) is 35.9 Å². The van der Waals surface area contributed by atoms with Gasteiger partial charge in [0, 0.05) is 28.4 Å². The van der Waals surface area contributed by atoms with E-state index in [9.17, 15) is 15.3 Å². The van der Waals surface area contributed by atoms with Crippen LogP contribution in [0.25, 0.3) is 11.1 Å². The fourth-order valence-corrected chi connectivity index (χ4v) is 4.53. The maximum Gasteiger partial charge on any atom is 0.225 e. The molecule has 3 rings (SSSR count). The number of thiophene rings is 1. The smallest absolute Gasteiger partial charge is 0.225 e. The van der Waals surface area contributed by atoms with Crippen molar-refractivity contribution in [1.82, 2.24) is 4.98 Å². The molecule has 0 aliphatic carbocycles. The van der Waals surface area contributed by atoms with Gasteiger partial charge >= 0.3 is 0 Å². The summed E-state index contributed by atoms with van der Waals surface area (Å²) >= 11 is 8.70. The summed E-state index contributed by atoms with van der Waals surface area (Å²) in [7, 11) is 0. The zero-order chi connectivity index (χ0) is 21.7. The molecule has 2 heterocycles. The molecule has 0 spiro atoms. The van der Waals surface area contributed by atoms with Crippen LogP contribution in [-0.4, -0.2) is 16.6 Å². The van der Waals surface area contributed by atoms with Crippen LogP contribution in [0.5, 0.6) is 0 Å². The number of benzene rings is 1. The molecule has 0 saturated heterocycles. The van der Waals surface area contributed by atoms with Gasteiger partial charge in [-0.25, -0.2) is 4.98 Å². The SMILES string of the molecule is Cc1ccc(Cl)cc1NC(=O)CCSc1nc(N)c(C#N)c(-c2ccsc2)c1C#N. The Morgan fingerprint density at radius 3 is 2.73 bits per heavy atom. The highest BCUT2D eigenvalue weighted by Gasteiger charge is 2.21. The quantitative estimate of drug-likeness (QED) is 0.494. The first kappa shape index (κ1) is 21.7. The number of nitrogens with zero attached hydrogens (tertiary/aromatic N) is 3. The summed E-state index contributed by atoms with van der Waals surface area (Å²) in [6.07, 6.45) is 0.205. The third kappa shape index (κ3) is 4.74. The Labute approximate surface area is 187 Å². The first-order valence-electron chi connectivity index (χ1n) is 8.79. The fraction of sp³-hybridized carbons (Fsp3) is 0.143. The van der Waals surface area contributed by atoms with Crippen LogP contribution in [0.2, 0.25) is 5.02 Å². The van der Waals surface area contributed by atoms with E-state index in [1.165, 1.54) is 23.1 Å². The highest BCUT2D eigenvalue weighted by atomic mass is 35.5. The van der Waals surface area contributed by atoms with Crippen molar-refractivity contribution in [2.45, 2.75) is 18.4 Å². The molecule has 0 aliphatic heterocycles. The molecule has 0 atom stereocenters. The lowest BCUT2D eigenvalue weighted by molar-refractivity contribution is -0.115. The summed E-state index contributed by atoms with van der Waals surface area (Å²) in [5, 5.41) is 26.7. The van der Waals surface area contributed by atoms with Gasteiger partial charge in [-0.05, 0) is 47.0 Å². The van der Waals surface area contributed by atoms with Crippen molar-refractivity contribution in [1.29, 1.82) is 10.5 Å². The number of amides is 1. The van der Waals surface area contributed by atoms with Crippen LogP contribution < -0.4 is 11.1 Å². The predicted octanol–water partition coefficient (Wildman–Crippen LogP) is 5.22. The second kappa shape index (κ2) is 9.64. The van der Waals surface area contributed by atoms with Crippen LogP contribution in [0.3, 0.4) is 0 Å². The van der Waals surface area contributed by atoms with E-state index in [2.05, 4.69) is 16.4 Å². The van der Waals surface area contributed by atoms with E-state index >= 15 is 0 Å². The van der Waals surface area contributed by atoms with E-state index < -0.39 is 0 Å². The van der Waals surface area contributed by atoms with E-state index in [-0.39, 0.29) is 29.3 Å². The highest BCUT2D eigenvalue weighted by molar-refractivity contribution is 7.99. The zero-order valence-electron chi connectivity index (χ0n) is 15.9. The molecule has 1 amide bonds. The topological polar surface area (TPSA) is 116 Å². The van der Waals surface area contributed by atoms with Gasteiger partial charge in [0.1, 0.15) is 28.5 Å². The standard InChI is InChI=1S/C21H16ClN5OS2/c1-12-2-3-14(22)8-17(12)26-18(28)5-7-30-21-16(10-24)19(13-4-6-29-11-13)15(9-23)20(25)27-21/h2-4,6,8,11H,5,7H2,1H3,(H2,25,27)(H,26,28). The van der Waals surface area contributed by atoms with Gasteiger partial charge in [0.2, 0.25) is 5.91 Å².